The van der Waals surface area contributed by atoms with Gasteiger partial charge in [0.25, 0.3) is 0 Å². The SMILES string of the molecule is COC1CC(N2CC[C@H](C)[C@H](O)C2)C1. The van der Waals surface area contributed by atoms with Crippen LogP contribution in [0.15, 0.2) is 0 Å². The summed E-state index contributed by atoms with van der Waals surface area (Å²) in [4.78, 5) is 2.43. The summed E-state index contributed by atoms with van der Waals surface area (Å²) in [6.07, 6.45) is 3.78. The van der Waals surface area contributed by atoms with Crippen molar-refractivity contribution in [3.8, 4) is 0 Å². The standard InChI is InChI=1S/C11H21NO2/c1-8-3-4-12(7-11(8)13)9-5-10(6-9)14-2/h8-11,13H,3-7H2,1-2H3/t8-,9?,10?,11+/m0/s1. The molecule has 3 nitrogen and oxygen atoms in total. The van der Waals surface area contributed by atoms with Crippen LogP contribution in [-0.2, 0) is 4.74 Å². The third kappa shape index (κ3) is 1.95. The lowest BCUT2D eigenvalue weighted by Crippen LogP contribution is -2.54. The molecule has 0 radical (unpaired) electrons. The van der Waals surface area contributed by atoms with Crippen LogP contribution in [0.3, 0.4) is 0 Å². The predicted molar refractivity (Wildman–Crippen MR) is 55.2 cm³/mol. The first-order valence-electron chi connectivity index (χ1n) is 5.65. The summed E-state index contributed by atoms with van der Waals surface area (Å²) in [5.74, 6) is 0.476. The molecule has 1 saturated carbocycles. The number of hydrogen-bond donors (Lipinski definition) is 1. The maximum Gasteiger partial charge on any atom is 0.0693 e. The number of likely N-dealkylation sites (tertiary alicyclic amines) is 1. The first-order chi connectivity index (χ1) is 6.70. The number of methoxy groups -OCH3 is 1. The highest BCUT2D eigenvalue weighted by atomic mass is 16.5. The fraction of sp³-hybridized carbons (Fsp3) is 1.00. The average Bonchev–Trinajstić information content (AvgIpc) is 2.09. The Balaban J connectivity index is 1.78. The summed E-state index contributed by atoms with van der Waals surface area (Å²) in [6, 6.07) is 0.669. The maximum atomic E-state index is 9.77. The molecular formula is C11H21NO2. The summed E-state index contributed by atoms with van der Waals surface area (Å²) >= 11 is 0. The smallest absolute Gasteiger partial charge is 0.0693 e. The van der Waals surface area contributed by atoms with E-state index in [4.69, 9.17) is 4.74 Å². The molecule has 0 amide bonds. The Labute approximate surface area is 86.0 Å². The Morgan fingerprint density at radius 2 is 2.07 bits per heavy atom. The van der Waals surface area contributed by atoms with Gasteiger partial charge in [0.05, 0.1) is 12.2 Å². The van der Waals surface area contributed by atoms with E-state index < -0.39 is 0 Å². The molecule has 2 atom stereocenters. The number of β-amino-alcohol motifs (C(OH)–C–C–N with tert-alkyl or cyclic N) is 1. The van der Waals surface area contributed by atoms with E-state index in [2.05, 4.69) is 11.8 Å². The molecule has 1 saturated heterocycles. The number of aliphatic hydroxyl groups is 1. The van der Waals surface area contributed by atoms with Crippen molar-refractivity contribution in [3.63, 3.8) is 0 Å². The van der Waals surface area contributed by atoms with Gasteiger partial charge in [-0.15, -0.1) is 0 Å². The van der Waals surface area contributed by atoms with Crippen LogP contribution in [0, 0.1) is 5.92 Å². The van der Waals surface area contributed by atoms with Gasteiger partial charge in [-0.25, -0.2) is 0 Å². The van der Waals surface area contributed by atoms with Crippen molar-refractivity contribution in [2.24, 2.45) is 5.92 Å². The van der Waals surface area contributed by atoms with E-state index in [0.29, 0.717) is 18.1 Å². The van der Waals surface area contributed by atoms with Crippen LogP contribution in [0.4, 0.5) is 0 Å². The van der Waals surface area contributed by atoms with Gasteiger partial charge in [-0.3, -0.25) is 4.90 Å². The molecule has 0 aromatic rings. The van der Waals surface area contributed by atoms with Crippen LogP contribution in [-0.4, -0.2) is 48.5 Å². The molecule has 1 heterocycles. The molecule has 0 spiro atoms. The molecule has 1 aliphatic heterocycles. The van der Waals surface area contributed by atoms with E-state index in [1.807, 2.05) is 0 Å². The van der Waals surface area contributed by atoms with Crippen LogP contribution < -0.4 is 0 Å². The first-order valence-corrected chi connectivity index (χ1v) is 5.65. The molecule has 82 valence electrons. The topological polar surface area (TPSA) is 32.7 Å². The average molecular weight is 199 g/mol. The molecule has 1 N–H and O–H groups in total. The van der Waals surface area contributed by atoms with Gasteiger partial charge < -0.3 is 9.84 Å². The highest BCUT2D eigenvalue weighted by Crippen LogP contribution is 2.30. The third-order valence-corrected chi connectivity index (χ3v) is 3.87. The van der Waals surface area contributed by atoms with E-state index in [9.17, 15) is 5.11 Å². The first kappa shape index (κ1) is 10.4. The highest BCUT2D eigenvalue weighted by molar-refractivity contribution is 4.91. The van der Waals surface area contributed by atoms with E-state index in [1.54, 1.807) is 7.11 Å². The van der Waals surface area contributed by atoms with Crippen LogP contribution >= 0.6 is 0 Å². The van der Waals surface area contributed by atoms with Crippen molar-refractivity contribution < 1.29 is 9.84 Å². The van der Waals surface area contributed by atoms with E-state index >= 15 is 0 Å². The number of hydrogen-bond acceptors (Lipinski definition) is 3. The van der Waals surface area contributed by atoms with Gasteiger partial charge in [-0.2, -0.15) is 0 Å². The number of nitrogens with zero attached hydrogens (tertiary/aromatic N) is 1. The zero-order valence-corrected chi connectivity index (χ0v) is 9.15. The highest BCUT2D eigenvalue weighted by Gasteiger charge is 2.36. The van der Waals surface area contributed by atoms with Crippen molar-refractivity contribution in [3.05, 3.63) is 0 Å². The Morgan fingerprint density at radius 3 is 2.64 bits per heavy atom. The van der Waals surface area contributed by atoms with Crippen molar-refractivity contribution in [1.29, 1.82) is 0 Å². The molecular weight excluding hydrogens is 178 g/mol. The Kier molecular flexibility index (Phi) is 3.10. The summed E-state index contributed by atoms with van der Waals surface area (Å²) in [6.45, 7) is 4.16. The molecule has 14 heavy (non-hydrogen) atoms. The number of aliphatic hydroxyl groups excluding tert-OH is 1. The van der Waals surface area contributed by atoms with Crippen molar-refractivity contribution in [1.82, 2.24) is 4.90 Å². The summed E-state index contributed by atoms with van der Waals surface area (Å²) in [7, 11) is 1.79. The fourth-order valence-corrected chi connectivity index (χ4v) is 2.43. The summed E-state index contributed by atoms with van der Waals surface area (Å²) in [5, 5.41) is 9.77. The van der Waals surface area contributed by atoms with Crippen molar-refractivity contribution >= 4 is 0 Å². The molecule has 2 rings (SSSR count). The summed E-state index contributed by atoms with van der Waals surface area (Å²) in [5.41, 5.74) is 0. The molecule has 0 unspecified atom stereocenters. The summed E-state index contributed by atoms with van der Waals surface area (Å²) < 4.78 is 5.27. The number of rotatable bonds is 2. The third-order valence-electron chi connectivity index (χ3n) is 3.87. The van der Waals surface area contributed by atoms with Gasteiger partial charge in [-0.05, 0) is 31.7 Å². The van der Waals surface area contributed by atoms with Crippen LogP contribution in [0.5, 0.6) is 0 Å². The molecule has 2 fully saturated rings. The lowest BCUT2D eigenvalue weighted by atomic mass is 9.85. The van der Waals surface area contributed by atoms with Gasteiger partial charge >= 0.3 is 0 Å². The lowest BCUT2D eigenvalue weighted by molar-refractivity contribution is -0.0615. The Bertz CT molecular complexity index is 192. The lowest BCUT2D eigenvalue weighted by Gasteiger charge is -2.46. The number of piperidine rings is 1. The fourth-order valence-electron chi connectivity index (χ4n) is 2.43. The van der Waals surface area contributed by atoms with E-state index in [1.165, 1.54) is 0 Å². The predicted octanol–water partition coefficient (Wildman–Crippen LogP) is 0.866. The molecule has 3 heteroatoms. The van der Waals surface area contributed by atoms with E-state index in [0.717, 1.165) is 32.4 Å². The zero-order chi connectivity index (χ0) is 10.1. The van der Waals surface area contributed by atoms with Crippen molar-refractivity contribution in [2.45, 2.75) is 44.4 Å². The van der Waals surface area contributed by atoms with Gasteiger partial charge in [0.2, 0.25) is 0 Å². The molecule has 0 aromatic carbocycles. The molecule has 0 aromatic heterocycles. The largest absolute Gasteiger partial charge is 0.392 e. The normalized spacial score (nSPS) is 44.8. The second kappa shape index (κ2) is 4.17. The van der Waals surface area contributed by atoms with Crippen LogP contribution in [0.1, 0.15) is 26.2 Å². The van der Waals surface area contributed by atoms with Crippen molar-refractivity contribution in [2.75, 3.05) is 20.2 Å². The minimum absolute atomic E-state index is 0.120. The van der Waals surface area contributed by atoms with Crippen LogP contribution in [0.25, 0.3) is 0 Å². The molecule has 0 bridgehead atoms. The quantitative estimate of drug-likeness (QED) is 0.716. The Hall–Kier alpha value is -0.120. The minimum Gasteiger partial charge on any atom is -0.392 e. The van der Waals surface area contributed by atoms with Gasteiger partial charge in [0.15, 0.2) is 0 Å². The molecule has 1 aliphatic carbocycles. The minimum atomic E-state index is -0.120. The second-order valence-corrected chi connectivity index (χ2v) is 4.81. The van der Waals surface area contributed by atoms with Gasteiger partial charge in [-0.1, -0.05) is 6.92 Å². The van der Waals surface area contributed by atoms with Gasteiger partial charge in [0.1, 0.15) is 0 Å². The monoisotopic (exact) mass is 199 g/mol. The van der Waals surface area contributed by atoms with Crippen LogP contribution in [0.2, 0.25) is 0 Å². The maximum absolute atomic E-state index is 9.77. The van der Waals surface area contributed by atoms with E-state index in [-0.39, 0.29) is 6.10 Å². The molecule has 2 aliphatic rings. The number of ether oxygens (including phenoxy) is 1. The van der Waals surface area contributed by atoms with Gasteiger partial charge in [0, 0.05) is 19.7 Å². The zero-order valence-electron chi connectivity index (χ0n) is 9.15. The second-order valence-electron chi connectivity index (χ2n) is 4.81. The Morgan fingerprint density at radius 1 is 1.36 bits per heavy atom.